The molecule has 0 aromatic heterocycles. The SMILES string of the molecule is Cc1cc(C)c(OC[C@H](O)C[NH2+]C2CCCC2)c(C)c1. The number of rotatable bonds is 6. The van der Waals surface area contributed by atoms with Gasteiger partial charge in [-0.25, -0.2) is 0 Å². The van der Waals surface area contributed by atoms with E-state index in [1.165, 1.54) is 31.2 Å². The van der Waals surface area contributed by atoms with Crippen LogP contribution >= 0.6 is 0 Å². The molecule has 0 amide bonds. The highest BCUT2D eigenvalue weighted by atomic mass is 16.5. The maximum atomic E-state index is 10.1. The number of aliphatic hydroxyl groups excluding tert-OH is 1. The molecule has 1 aliphatic carbocycles. The second-order valence-corrected chi connectivity index (χ2v) is 6.21. The molecule has 0 bridgehead atoms. The van der Waals surface area contributed by atoms with Crippen molar-refractivity contribution in [1.29, 1.82) is 0 Å². The fraction of sp³-hybridized carbons (Fsp3) is 0.647. The van der Waals surface area contributed by atoms with Gasteiger partial charge in [-0.15, -0.1) is 0 Å². The van der Waals surface area contributed by atoms with Crippen LogP contribution in [-0.4, -0.2) is 30.4 Å². The van der Waals surface area contributed by atoms with E-state index in [0.29, 0.717) is 12.6 Å². The minimum Gasteiger partial charge on any atom is -0.490 e. The summed E-state index contributed by atoms with van der Waals surface area (Å²) >= 11 is 0. The Morgan fingerprint density at radius 2 is 1.80 bits per heavy atom. The third kappa shape index (κ3) is 4.22. The van der Waals surface area contributed by atoms with Crippen LogP contribution in [0.3, 0.4) is 0 Å². The van der Waals surface area contributed by atoms with Gasteiger partial charge in [0.15, 0.2) is 0 Å². The predicted octanol–water partition coefficient (Wildman–Crippen LogP) is 1.86. The number of nitrogens with two attached hydrogens (primary N) is 1. The summed E-state index contributed by atoms with van der Waals surface area (Å²) in [5, 5.41) is 12.3. The molecule has 0 heterocycles. The summed E-state index contributed by atoms with van der Waals surface area (Å²) in [6.45, 7) is 7.34. The zero-order chi connectivity index (χ0) is 14.5. The van der Waals surface area contributed by atoms with Gasteiger partial charge in [0, 0.05) is 0 Å². The lowest BCUT2D eigenvalue weighted by molar-refractivity contribution is -0.693. The largest absolute Gasteiger partial charge is 0.490 e. The second kappa shape index (κ2) is 7.09. The minimum atomic E-state index is -0.393. The van der Waals surface area contributed by atoms with Crippen LogP contribution < -0.4 is 10.1 Å². The maximum absolute atomic E-state index is 10.1. The Morgan fingerprint density at radius 1 is 1.20 bits per heavy atom. The van der Waals surface area contributed by atoms with Gasteiger partial charge in [0.25, 0.3) is 0 Å². The quantitative estimate of drug-likeness (QED) is 0.834. The molecule has 20 heavy (non-hydrogen) atoms. The summed E-state index contributed by atoms with van der Waals surface area (Å²) in [5.74, 6) is 0.926. The molecule has 112 valence electrons. The summed E-state index contributed by atoms with van der Waals surface area (Å²) in [5.41, 5.74) is 3.55. The maximum Gasteiger partial charge on any atom is 0.137 e. The van der Waals surface area contributed by atoms with Gasteiger partial charge in [-0.3, -0.25) is 0 Å². The lowest BCUT2D eigenvalue weighted by Crippen LogP contribution is -2.91. The van der Waals surface area contributed by atoms with Gasteiger partial charge in [-0.1, -0.05) is 17.7 Å². The van der Waals surface area contributed by atoms with Crippen LogP contribution in [0, 0.1) is 20.8 Å². The highest BCUT2D eigenvalue weighted by molar-refractivity contribution is 5.42. The first-order valence-corrected chi connectivity index (χ1v) is 7.78. The summed E-state index contributed by atoms with van der Waals surface area (Å²) in [4.78, 5) is 0. The van der Waals surface area contributed by atoms with Crippen LogP contribution in [0.1, 0.15) is 42.4 Å². The van der Waals surface area contributed by atoms with Crippen LogP contribution in [0.15, 0.2) is 12.1 Å². The monoisotopic (exact) mass is 278 g/mol. The molecule has 3 heteroatoms. The van der Waals surface area contributed by atoms with Crippen LogP contribution in [-0.2, 0) is 0 Å². The molecule has 1 fully saturated rings. The normalized spacial score (nSPS) is 17.4. The Kier molecular flexibility index (Phi) is 5.44. The molecule has 0 saturated heterocycles. The number of aryl methyl sites for hydroxylation is 3. The van der Waals surface area contributed by atoms with Gasteiger partial charge in [0.1, 0.15) is 25.0 Å². The fourth-order valence-electron chi connectivity index (χ4n) is 3.18. The molecule has 1 saturated carbocycles. The summed E-state index contributed by atoms with van der Waals surface area (Å²) < 4.78 is 5.83. The number of quaternary nitrogens is 1. The van der Waals surface area contributed by atoms with Gasteiger partial charge in [-0.05, 0) is 57.6 Å². The van der Waals surface area contributed by atoms with Crippen molar-refractivity contribution in [2.24, 2.45) is 0 Å². The molecule has 1 aromatic carbocycles. The summed E-state index contributed by atoms with van der Waals surface area (Å²) in [7, 11) is 0. The standard InChI is InChI=1S/C17H27NO2/c1-12-8-13(2)17(14(3)9-12)20-11-16(19)10-18-15-6-4-5-7-15/h8-9,15-16,18-19H,4-7,10-11H2,1-3H3/p+1/t16-/m1/s1. The topological polar surface area (TPSA) is 46.1 Å². The van der Waals surface area contributed by atoms with Crippen LogP contribution in [0.2, 0.25) is 0 Å². The van der Waals surface area contributed by atoms with Crippen molar-refractivity contribution < 1.29 is 15.2 Å². The first kappa shape index (κ1) is 15.3. The van der Waals surface area contributed by atoms with E-state index in [4.69, 9.17) is 4.74 Å². The van der Waals surface area contributed by atoms with Crippen molar-refractivity contribution in [3.63, 3.8) is 0 Å². The van der Waals surface area contributed by atoms with Gasteiger partial charge in [0.05, 0.1) is 6.04 Å². The van der Waals surface area contributed by atoms with E-state index < -0.39 is 6.10 Å². The van der Waals surface area contributed by atoms with Crippen molar-refractivity contribution in [3.8, 4) is 5.75 Å². The molecular formula is C17H28NO2+. The zero-order valence-corrected chi connectivity index (χ0v) is 13.0. The molecule has 0 aliphatic heterocycles. The molecule has 0 unspecified atom stereocenters. The van der Waals surface area contributed by atoms with Gasteiger partial charge in [-0.2, -0.15) is 0 Å². The third-order valence-corrected chi connectivity index (χ3v) is 4.17. The van der Waals surface area contributed by atoms with E-state index in [9.17, 15) is 5.11 Å². The summed E-state index contributed by atoms with van der Waals surface area (Å²) in [6, 6.07) is 4.96. The molecule has 3 nitrogen and oxygen atoms in total. The van der Waals surface area contributed by atoms with E-state index in [2.05, 4.69) is 38.2 Å². The lowest BCUT2D eigenvalue weighted by Gasteiger charge is -2.17. The predicted molar refractivity (Wildman–Crippen MR) is 81.2 cm³/mol. The van der Waals surface area contributed by atoms with Crippen LogP contribution in [0.4, 0.5) is 0 Å². The van der Waals surface area contributed by atoms with E-state index in [1.807, 2.05) is 0 Å². The fourth-order valence-corrected chi connectivity index (χ4v) is 3.18. The lowest BCUT2D eigenvalue weighted by atomic mass is 10.1. The van der Waals surface area contributed by atoms with Gasteiger partial charge >= 0.3 is 0 Å². The number of ether oxygens (including phenoxy) is 1. The Bertz CT molecular complexity index is 416. The third-order valence-electron chi connectivity index (χ3n) is 4.17. The number of benzene rings is 1. The smallest absolute Gasteiger partial charge is 0.137 e. The highest BCUT2D eigenvalue weighted by Crippen LogP contribution is 2.24. The van der Waals surface area contributed by atoms with E-state index in [1.54, 1.807) is 0 Å². The molecule has 0 radical (unpaired) electrons. The average Bonchev–Trinajstić information content (AvgIpc) is 2.88. The molecular weight excluding hydrogens is 250 g/mol. The van der Waals surface area contributed by atoms with Crippen molar-refractivity contribution in [1.82, 2.24) is 0 Å². The van der Waals surface area contributed by atoms with Crippen molar-refractivity contribution in [2.45, 2.75) is 58.6 Å². The number of hydrogen-bond donors (Lipinski definition) is 2. The van der Waals surface area contributed by atoms with Gasteiger partial charge in [0.2, 0.25) is 0 Å². The molecule has 1 atom stereocenters. The first-order chi connectivity index (χ1) is 9.56. The zero-order valence-electron chi connectivity index (χ0n) is 13.0. The minimum absolute atomic E-state index is 0.383. The first-order valence-electron chi connectivity index (χ1n) is 7.78. The Balaban J connectivity index is 1.79. The average molecular weight is 278 g/mol. The second-order valence-electron chi connectivity index (χ2n) is 6.21. The van der Waals surface area contributed by atoms with Crippen LogP contribution in [0.5, 0.6) is 5.75 Å². The van der Waals surface area contributed by atoms with Gasteiger partial charge < -0.3 is 15.2 Å². The molecule has 3 N–H and O–H groups in total. The van der Waals surface area contributed by atoms with Crippen LogP contribution in [0.25, 0.3) is 0 Å². The van der Waals surface area contributed by atoms with Crippen molar-refractivity contribution in [3.05, 3.63) is 28.8 Å². The Hall–Kier alpha value is -1.06. The molecule has 1 aromatic rings. The van der Waals surface area contributed by atoms with E-state index in [-0.39, 0.29) is 0 Å². The Labute approximate surface area is 122 Å². The Morgan fingerprint density at radius 3 is 2.40 bits per heavy atom. The number of aliphatic hydroxyl groups is 1. The summed E-state index contributed by atoms with van der Waals surface area (Å²) in [6.07, 6.45) is 4.88. The highest BCUT2D eigenvalue weighted by Gasteiger charge is 2.19. The van der Waals surface area contributed by atoms with Crippen molar-refractivity contribution >= 4 is 0 Å². The number of hydrogen-bond acceptors (Lipinski definition) is 2. The van der Waals surface area contributed by atoms with E-state index in [0.717, 1.165) is 23.4 Å². The van der Waals surface area contributed by atoms with Crippen molar-refractivity contribution in [2.75, 3.05) is 13.2 Å². The molecule has 1 aliphatic rings. The van der Waals surface area contributed by atoms with E-state index >= 15 is 0 Å². The molecule has 2 rings (SSSR count). The molecule has 0 spiro atoms.